The number of ketones is 1. The van der Waals surface area contributed by atoms with Crippen LogP contribution in [0.5, 0.6) is 0 Å². The van der Waals surface area contributed by atoms with Crippen molar-refractivity contribution in [3.63, 3.8) is 0 Å². The molecule has 1 fully saturated rings. The Morgan fingerprint density at radius 2 is 2.19 bits per heavy atom. The second-order valence-corrected chi connectivity index (χ2v) is 6.59. The zero-order chi connectivity index (χ0) is 15.1. The van der Waals surface area contributed by atoms with Gasteiger partial charge in [-0.05, 0) is 36.2 Å². The van der Waals surface area contributed by atoms with Crippen molar-refractivity contribution in [2.24, 2.45) is 0 Å². The molecule has 4 nitrogen and oxygen atoms in total. The average molecular weight is 328 g/mol. The number of halogens is 2. The lowest BCUT2D eigenvalue weighted by atomic mass is 10.0. The minimum absolute atomic E-state index is 0.00427. The van der Waals surface area contributed by atoms with Crippen molar-refractivity contribution in [2.75, 3.05) is 6.26 Å². The molecule has 1 heterocycles. The fourth-order valence-corrected chi connectivity index (χ4v) is 3.51. The van der Waals surface area contributed by atoms with Crippen LogP contribution in [0.3, 0.4) is 0 Å². The summed E-state index contributed by atoms with van der Waals surface area (Å²) in [7, 11) is 0. The van der Waals surface area contributed by atoms with E-state index in [9.17, 15) is 13.7 Å². The van der Waals surface area contributed by atoms with Crippen LogP contribution in [0.15, 0.2) is 27.7 Å². The van der Waals surface area contributed by atoms with E-state index < -0.39 is 22.8 Å². The molecule has 0 aliphatic heterocycles. The van der Waals surface area contributed by atoms with Crippen molar-refractivity contribution in [3.8, 4) is 0 Å². The molecule has 1 aromatic heterocycles. The van der Waals surface area contributed by atoms with Crippen LogP contribution in [-0.2, 0) is 11.2 Å². The molecular formula is C14H11ClFNO3S. The number of nitrogens with zero attached hydrogens (tertiary/aromatic N) is 1. The fraction of sp³-hybridized carbons (Fsp3) is 0.286. The Bertz CT molecular complexity index is 712. The number of aromatic nitrogens is 1. The van der Waals surface area contributed by atoms with E-state index in [1.807, 2.05) is 0 Å². The molecule has 1 atom stereocenters. The van der Waals surface area contributed by atoms with Gasteiger partial charge in [-0.3, -0.25) is 4.79 Å². The lowest BCUT2D eigenvalue weighted by Crippen LogP contribution is -2.11. The second-order valence-electron chi connectivity index (χ2n) is 4.90. The van der Waals surface area contributed by atoms with Gasteiger partial charge in [-0.1, -0.05) is 16.8 Å². The highest BCUT2D eigenvalue weighted by Gasteiger charge is 2.34. The predicted molar refractivity (Wildman–Crippen MR) is 75.7 cm³/mol. The van der Waals surface area contributed by atoms with E-state index in [1.54, 1.807) is 0 Å². The maximum atomic E-state index is 13.5. The highest BCUT2D eigenvalue weighted by atomic mass is 35.5. The summed E-state index contributed by atoms with van der Waals surface area (Å²) in [5, 5.41) is 3.38. The normalized spacial score (nSPS) is 16.0. The smallest absolute Gasteiger partial charge is 0.203 e. The Balaban J connectivity index is 2.09. The van der Waals surface area contributed by atoms with Gasteiger partial charge in [0.2, 0.25) is 5.78 Å². The number of rotatable bonds is 4. The largest absolute Gasteiger partial charge is 0.612 e. The molecule has 1 unspecified atom stereocenters. The fourth-order valence-electron chi connectivity index (χ4n) is 2.20. The zero-order valence-corrected chi connectivity index (χ0v) is 12.6. The van der Waals surface area contributed by atoms with E-state index in [4.69, 9.17) is 16.1 Å². The van der Waals surface area contributed by atoms with Crippen LogP contribution >= 0.6 is 11.6 Å². The van der Waals surface area contributed by atoms with Gasteiger partial charge in [-0.2, -0.15) is 0 Å². The van der Waals surface area contributed by atoms with Crippen LogP contribution in [-0.4, -0.2) is 21.7 Å². The minimum Gasteiger partial charge on any atom is -0.612 e. The maximum absolute atomic E-state index is 13.5. The molecule has 0 radical (unpaired) electrons. The van der Waals surface area contributed by atoms with Crippen LogP contribution in [0.4, 0.5) is 4.39 Å². The van der Waals surface area contributed by atoms with Crippen molar-refractivity contribution in [2.45, 2.75) is 23.7 Å². The third-order valence-corrected chi connectivity index (χ3v) is 4.85. The van der Waals surface area contributed by atoms with Gasteiger partial charge < -0.3 is 9.08 Å². The predicted octanol–water partition coefficient (Wildman–Crippen LogP) is 3.31. The van der Waals surface area contributed by atoms with Gasteiger partial charge in [0.05, 0.1) is 17.3 Å². The molecule has 0 N–H and O–H groups in total. The Hall–Kier alpha value is -1.37. The van der Waals surface area contributed by atoms with Gasteiger partial charge in [0.1, 0.15) is 17.1 Å². The SMILES string of the molecule is C[S+]([O-])c1c(C(=O)c2cnoc2C2CC2)ccc(F)c1Cl. The molecule has 0 amide bonds. The lowest BCUT2D eigenvalue weighted by molar-refractivity contribution is 0.103. The Morgan fingerprint density at radius 3 is 2.81 bits per heavy atom. The first-order valence-electron chi connectivity index (χ1n) is 6.31. The quantitative estimate of drug-likeness (QED) is 0.638. The van der Waals surface area contributed by atoms with Crippen LogP contribution in [0.2, 0.25) is 5.02 Å². The molecule has 1 aliphatic rings. The van der Waals surface area contributed by atoms with E-state index in [0.29, 0.717) is 11.3 Å². The Labute approximate surface area is 128 Å². The van der Waals surface area contributed by atoms with Crippen molar-refractivity contribution < 1.29 is 18.3 Å². The number of hydrogen-bond donors (Lipinski definition) is 0. The molecular weight excluding hydrogens is 317 g/mol. The van der Waals surface area contributed by atoms with Crippen LogP contribution in [0, 0.1) is 5.82 Å². The first-order chi connectivity index (χ1) is 10.0. The summed E-state index contributed by atoms with van der Waals surface area (Å²) >= 11 is 4.26. The van der Waals surface area contributed by atoms with Crippen molar-refractivity contribution in [1.82, 2.24) is 5.16 Å². The van der Waals surface area contributed by atoms with Crippen molar-refractivity contribution >= 4 is 28.6 Å². The maximum Gasteiger partial charge on any atom is 0.203 e. The number of carbonyl (C=O) groups is 1. The van der Waals surface area contributed by atoms with E-state index >= 15 is 0 Å². The molecule has 7 heteroatoms. The minimum atomic E-state index is -1.59. The van der Waals surface area contributed by atoms with Crippen molar-refractivity contribution in [3.05, 3.63) is 46.1 Å². The Kier molecular flexibility index (Phi) is 3.77. The molecule has 0 spiro atoms. The summed E-state index contributed by atoms with van der Waals surface area (Å²) in [5.74, 6) is -0.359. The number of benzene rings is 1. The summed E-state index contributed by atoms with van der Waals surface area (Å²) in [6, 6.07) is 2.39. The van der Waals surface area contributed by atoms with E-state index in [2.05, 4.69) is 5.16 Å². The van der Waals surface area contributed by atoms with Gasteiger partial charge >= 0.3 is 0 Å². The third kappa shape index (κ3) is 2.59. The lowest BCUT2D eigenvalue weighted by Gasteiger charge is -2.11. The van der Waals surface area contributed by atoms with Gasteiger partial charge in [-0.25, -0.2) is 4.39 Å². The van der Waals surface area contributed by atoms with Crippen molar-refractivity contribution in [1.29, 1.82) is 0 Å². The van der Waals surface area contributed by atoms with Crippen LogP contribution in [0.1, 0.15) is 40.4 Å². The number of carbonyl (C=O) groups excluding carboxylic acids is 1. The zero-order valence-electron chi connectivity index (χ0n) is 11.1. The van der Waals surface area contributed by atoms with E-state index in [1.165, 1.54) is 18.5 Å². The molecule has 1 aliphatic carbocycles. The van der Waals surface area contributed by atoms with Crippen LogP contribution < -0.4 is 0 Å². The summed E-state index contributed by atoms with van der Waals surface area (Å²) in [4.78, 5) is 12.6. The molecule has 1 aromatic carbocycles. The molecule has 1 saturated carbocycles. The average Bonchev–Trinajstić information content (AvgIpc) is 3.17. The highest BCUT2D eigenvalue weighted by Crippen LogP contribution is 2.42. The molecule has 0 saturated heterocycles. The van der Waals surface area contributed by atoms with Crippen LogP contribution in [0.25, 0.3) is 0 Å². The summed E-state index contributed by atoms with van der Waals surface area (Å²) in [6.45, 7) is 0. The first-order valence-corrected chi connectivity index (χ1v) is 8.25. The topological polar surface area (TPSA) is 66.2 Å². The summed E-state index contributed by atoms with van der Waals surface area (Å²) in [6.07, 6.45) is 4.60. The molecule has 3 rings (SSSR count). The molecule has 21 heavy (non-hydrogen) atoms. The van der Waals surface area contributed by atoms with Gasteiger partial charge in [-0.15, -0.1) is 0 Å². The monoisotopic (exact) mass is 327 g/mol. The highest BCUT2D eigenvalue weighted by molar-refractivity contribution is 7.91. The molecule has 110 valence electrons. The van der Waals surface area contributed by atoms with Gasteiger partial charge in [0.15, 0.2) is 10.7 Å². The van der Waals surface area contributed by atoms with E-state index in [0.717, 1.165) is 18.9 Å². The summed E-state index contributed by atoms with van der Waals surface area (Å²) < 4.78 is 30.5. The Morgan fingerprint density at radius 1 is 1.48 bits per heavy atom. The molecule has 0 bridgehead atoms. The summed E-state index contributed by atoms with van der Waals surface area (Å²) in [5.41, 5.74) is 0.444. The number of hydrogen-bond acceptors (Lipinski definition) is 4. The van der Waals surface area contributed by atoms with Gasteiger partial charge in [0.25, 0.3) is 0 Å². The first kappa shape index (κ1) is 14.6. The van der Waals surface area contributed by atoms with Gasteiger partial charge in [0, 0.05) is 5.92 Å². The molecule has 2 aromatic rings. The standard InChI is InChI=1S/C14H11ClFNO3S/c1-21(19)14-8(4-5-10(16)11(14)15)12(18)9-6-17-20-13(9)7-2-3-7/h4-7H,2-3H2,1H3. The van der Waals surface area contributed by atoms with E-state index in [-0.39, 0.29) is 21.4 Å². The third-order valence-electron chi connectivity index (χ3n) is 3.37. The second kappa shape index (κ2) is 5.44.